The van der Waals surface area contributed by atoms with Crippen molar-refractivity contribution in [3.8, 4) is 0 Å². The van der Waals surface area contributed by atoms with E-state index in [1.807, 2.05) is 11.7 Å². The number of nitrogens with zero attached hydrogens (tertiary/aromatic N) is 5. The summed E-state index contributed by atoms with van der Waals surface area (Å²) >= 11 is 0. The minimum atomic E-state index is 0. The molecule has 4 rings (SSSR count). The summed E-state index contributed by atoms with van der Waals surface area (Å²) in [7, 11) is 3.55. The van der Waals surface area contributed by atoms with Crippen molar-refractivity contribution in [3.63, 3.8) is 0 Å². The lowest BCUT2D eigenvalue weighted by atomic mass is 9.73. The average molecular weight is 562 g/mol. The van der Waals surface area contributed by atoms with Crippen LogP contribution in [0.3, 0.4) is 0 Å². The Morgan fingerprint density at radius 1 is 1.25 bits per heavy atom. The fourth-order valence-corrected chi connectivity index (χ4v) is 5.25. The van der Waals surface area contributed by atoms with Crippen LogP contribution in [0.4, 0.5) is 0 Å². The zero-order valence-electron chi connectivity index (χ0n) is 19.6. The number of rotatable bonds is 7. The average Bonchev–Trinajstić information content (AvgIpc) is 3.20. The van der Waals surface area contributed by atoms with Crippen LogP contribution in [0.1, 0.15) is 50.2 Å². The number of guanidine groups is 1. The molecule has 0 aromatic carbocycles. The van der Waals surface area contributed by atoms with Crippen LogP contribution in [0, 0.1) is 5.41 Å². The summed E-state index contributed by atoms with van der Waals surface area (Å²) in [6, 6.07) is 0.303. The van der Waals surface area contributed by atoms with Crippen molar-refractivity contribution in [3.05, 3.63) is 11.6 Å². The monoisotopic (exact) mass is 561 g/mol. The quantitative estimate of drug-likeness (QED) is 0.298. The van der Waals surface area contributed by atoms with Crippen LogP contribution in [-0.2, 0) is 29.0 Å². The molecule has 1 aromatic rings. The van der Waals surface area contributed by atoms with Gasteiger partial charge in [-0.15, -0.1) is 24.0 Å². The minimum absolute atomic E-state index is 0. The van der Waals surface area contributed by atoms with Crippen LogP contribution < -0.4 is 10.6 Å². The first kappa shape index (κ1) is 25.6. The van der Waals surface area contributed by atoms with Gasteiger partial charge < -0.3 is 20.1 Å². The van der Waals surface area contributed by atoms with Gasteiger partial charge in [0.25, 0.3) is 0 Å². The summed E-state index contributed by atoms with van der Waals surface area (Å²) in [6.07, 6.45) is 8.58. The first-order chi connectivity index (χ1) is 15.2. The van der Waals surface area contributed by atoms with Gasteiger partial charge in [0.2, 0.25) is 0 Å². The molecule has 9 nitrogen and oxygen atoms in total. The Morgan fingerprint density at radius 2 is 2.03 bits per heavy atom. The van der Waals surface area contributed by atoms with E-state index in [0.29, 0.717) is 18.1 Å². The van der Waals surface area contributed by atoms with Crippen LogP contribution in [-0.4, -0.2) is 85.2 Å². The van der Waals surface area contributed by atoms with Crippen molar-refractivity contribution in [1.29, 1.82) is 0 Å². The molecule has 0 amide bonds. The van der Waals surface area contributed by atoms with Crippen molar-refractivity contribution in [2.24, 2.45) is 10.4 Å². The highest BCUT2D eigenvalue weighted by atomic mass is 127. The normalized spacial score (nSPS) is 23.8. The number of hydrogen-bond donors (Lipinski definition) is 2. The molecule has 32 heavy (non-hydrogen) atoms. The van der Waals surface area contributed by atoms with Crippen molar-refractivity contribution >= 4 is 29.9 Å². The Morgan fingerprint density at radius 3 is 2.75 bits per heavy atom. The van der Waals surface area contributed by atoms with Crippen molar-refractivity contribution in [2.45, 2.75) is 64.1 Å². The maximum Gasteiger partial charge on any atom is 0.191 e. The number of aromatic nitrogens is 3. The predicted octanol–water partition coefficient (Wildman–Crippen LogP) is 1.81. The summed E-state index contributed by atoms with van der Waals surface area (Å²) in [5, 5.41) is 11.9. The molecule has 0 bridgehead atoms. The van der Waals surface area contributed by atoms with Gasteiger partial charge in [0, 0.05) is 58.2 Å². The SMILES string of the molecule is CN=C(NCC1(CN2CCOCC2)CCCCC1)NC1CCc2nc(COC)nn2C1.I. The number of nitrogens with one attached hydrogen (secondary N) is 2. The summed E-state index contributed by atoms with van der Waals surface area (Å²) < 4.78 is 12.7. The van der Waals surface area contributed by atoms with E-state index in [1.54, 1.807) is 7.11 Å². The Bertz CT molecular complexity index is 730. The van der Waals surface area contributed by atoms with Crippen LogP contribution in [0.2, 0.25) is 0 Å². The molecular formula is C22H40IN7O2. The van der Waals surface area contributed by atoms with E-state index in [0.717, 1.165) is 76.4 Å². The molecule has 0 spiro atoms. The number of aliphatic imine (C=N–C) groups is 1. The Labute approximate surface area is 209 Å². The first-order valence-electron chi connectivity index (χ1n) is 11.9. The molecule has 2 N–H and O–H groups in total. The van der Waals surface area contributed by atoms with Crippen LogP contribution in [0.5, 0.6) is 0 Å². The highest BCUT2D eigenvalue weighted by Gasteiger charge is 2.34. The van der Waals surface area contributed by atoms with E-state index in [-0.39, 0.29) is 24.0 Å². The maximum absolute atomic E-state index is 5.56. The van der Waals surface area contributed by atoms with Gasteiger partial charge in [-0.2, -0.15) is 5.10 Å². The third kappa shape index (κ3) is 6.77. The standard InChI is InChI=1S/C22H39N7O2.HI/c1-23-21(25-18-6-7-20-26-19(15-30-2)27-29(20)14-18)24-16-22(8-4-3-5-9-22)17-28-10-12-31-13-11-28;/h18H,3-17H2,1-2H3,(H2,23,24,25);1H. The molecule has 0 radical (unpaired) electrons. The van der Waals surface area contributed by atoms with Crippen LogP contribution >= 0.6 is 24.0 Å². The molecule has 1 aliphatic carbocycles. The highest BCUT2D eigenvalue weighted by Crippen LogP contribution is 2.36. The molecule has 1 atom stereocenters. The Kier molecular flexibility index (Phi) is 9.99. The number of morpholine rings is 1. The Hall–Kier alpha value is -0.980. The second-order valence-corrected chi connectivity index (χ2v) is 9.31. The number of methoxy groups -OCH3 is 1. The second-order valence-electron chi connectivity index (χ2n) is 9.31. The maximum atomic E-state index is 5.56. The highest BCUT2D eigenvalue weighted by molar-refractivity contribution is 14.0. The zero-order chi connectivity index (χ0) is 21.5. The number of hydrogen-bond acceptors (Lipinski definition) is 6. The molecule has 2 fully saturated rings. The van der Waals surface area contributed by atoms with E-state index in [2.05, 4.69) is 30.6 Å². The third-order valence-electron chi connectivity index (χ3n) is 6.95. The number of aryl methyl sites for hydroxylation is 1. The molecular weight excluding hydrogens is 521 g/mol. The summed E-state index contributed by atoms with van der Waals surface area (Å²) in [6.45, 7) is 7.26. The smallest absolute Gasteiger partial charge is 0.191 e. The van der Waals surface area contributed by atoms with Crippen LogP contribution in [0.25, 0.3) is 0 Å². The van der Waals surface area contributed by atoms with E-state index in [4.69, 9.17) is 9.47 Å². The molecule has 182 valence electrons. The van der Waals surface area contributed by atoms with E-state index >= 15 is 0 Å². The Balaban J connectivity index is 0.00000289. The van der Waals surface area contributed by atoms with Gasteiger partial charge in [-0.1, -0.05) is 19.3 Å². The fraction of sp³-hybridized carbons (Fsp3) is 0.864. The summed E-state index contributed by atoms with van der Waals surface area (Å²) in [4.78, 5) is 11.7. The fourth-order valence-electron chi connectivity index (χ4n) is 5.25. The topological polar surface area (TPSA) is 88.8 Å². The molecule has 3 aliphatic rings. The van der Waals surface area contributed by atoms with Gasteiger partial charge in [-0.25, -0.2) is 9.67 Å². The number of fused-ring (bicyclic) bond motifs is 1. The van der Waals surface area contributed by atoms with Gasteiger partial charge >= 0.3 is 0 Å². The largest absolute Gasteiger partial charge is 0.379 e. The molecule has 1 unspecified atom stereocenters. The molecule has 1 aromatic heterocycles. The third-order valence-corrected chi connectivity index (χ3v) is 6.95. The van der Waals surface area contributed by atoms with E-state index in [9.17, 15) is 0 Å². The molecule has 1 saturated heterocycles. The number of halogens is 1. The van der Waals surface area contributed by atoms with Crippen LogP contribution in [0.15, 0.2) is 4.99 Å². The molecule has 3 heterocycles. The van der Waals surface area contributed by atoms with Gasteiger partial charge in [-0.05, 0) is 19.3 Å². The van der Waals surface area contributed by atoms with Gasteiger partial charge in [0.15, 0.2) is 11.8 Å². The first-order valence-corrected chi connectivity index (χ1v) is 11.9. The minimum Gasteiger partial charge on any atom is -0.379 e. The lowest BCUT2D eigenvalue weighted by molar-refractivity contribution is 0.00819. The summed E-state index contributed by atoms with van der Waals surface area (Å²) in [5.74, 6) is 2.72. The molecule has 1 saturated carbocycles. The zero-order valence-corrected chi connectivity index (χ0v) is 22.0. The number of ether oxygens (including phenoxy) is 2. The second kappa shape index (κ2) is 12.5. The predicted molar refractivity (Wildman–Crippen MR) is 136 cm³/mol. The van der Waals surface area contributed by atoms with Gasteiger partial charge in [-0.3, -0.25) is 9.89 Å². The molecule has 10 heteroatoms. The van der Waals surface area contributed by atoms with Gasteiger partial charge in [0.1, 0.15) is 12.4 Å². The lowest BCUT2D eigenvalue weighted by Crippen LogP contribution is -2.53. The lowest BCUT2D eigenvalue weighted by Gasteiger charge is -2.42. The van der Waals surface area contributed by atoms with Crippen molar-refractivity contribution in [1.82, 2.24) is 30.3 Å². The van der Waals surface area contributed by atoms with E-state index in [1.165, 1.54) is 32.1 Å². The van der Waals surface area contributed by atoms with Crippen molar-refractivity contribution in [2.75, 3.05) is 53.6 Å². The van der Waals surface area contributed by atoms with E-state index < -0.39 is 0 Å². The molecule has 2 aliphatic heterocycles. The summed E-state index contributed by atoms with van der Waals surface area (Å²) in [5.41, 5.74) is 0.327. The van der Waals surface area contributed by atoms with Gasteiger partial charge in [0.05, 0.1) is 19.8 Å². The van der Waals surface area contributed by atoms with Crippen molar-refractivity contribution < 1.29 is 9.47 Å².